The first kappa shape index (κ1) is 35.0. The lowest BCUT2D eigenvalue weighted by Crippen LogP contribution is -2.18. The molecule has 0 amide bonds. The smallest absolute Gasteiger partial charge is 0.0541 e. The van der Waals surface area contributed by atoms with Gasteiger partial charge in [0.25, 0.3) is 0 Å². The Balaban J connectivity index is 0.960. The van der Waals surface area contributed by atoms with Crippen molar-refractivity contribution >= 4 is 44.4 Å². The number of fused-ring (bicyclic) bond motifs is 5. The third-order valence-electron chi connectivity index (χ3n) is 12.7. The largest absolute Gasteiger partial charge is 0.310 e. The number of hydrogen-bond donors (Lipinski definition) is 0. The zero-order valence-electron chi connectivity index (χ0n) is 33.4. The molecule has 2 aliphatic carbocycles. The van der Waals surface area contributed by atoms with Crippen LogP contribution in [0.5, 0.6) is 0 Å². The van der Waals surface area contributed by atoms with E-state index in [-0.39, 0.29) is 5.41 Å². The molecular weight excluding hydrogens is 713 g/mol. The number of para-hydroxylation sites is 2. The first-order valence-electron chi connectivity index (χ1n) is 20.8. The van der Waals surface area contributed by atoms with Crippen LogP contribution in [0.3, 0.4) is 0 Å². The lowest BCUT2D eigenvalue weighted by Gasteiger charge is -2.29. The van der Waals surface area contributed by atoms with Crippen LogP contribution < -0.4 is 4.90 Å². The predicted molar refractivity (Wildman–Crippen MR) is 250 cm³/mol. The van der Waals surface area contributed by atoms with Crippen LogP contribution in [-0.4, -0.2) is 4.57 Å². The molecular formula is C57H44N2. The number of aromatic nitrogens is 1. The maximum Gasteiger partial charge on any atom is 0.0541 e. The molecule has 0 fully saturated rings. The van der Waals surface area contributed by atoms with Crippen molar-refractivity contribution in [1.82, 2.24) is 4.57 Å². The van der Waals surface area contributed by atoms with Crippen LogP contribution in [-0.2, 0) is 5.41 Å². The number of allylic oxidation sites excluding steroid dienone is 4. The number of benzene rings is 8. The Kier molecular flexibility index (Phi) is 8.34. The summed E-state index contributed by atoms with van der Waals surface area (Å²) < 4.78 is 2.37. The second-order valence-electron chi connectivity index (χ2n) is 16.5. The molecule has 282 valence electrons. The van der Waals surface area contributed by atoms with Gasteiger partial charge >= 0.3 is 0 Å². The average molecular weight is 757 g/mol. The quantitative estimate of drug-likeness (QED) is 0.157. The fraction of sp³-hybridized carbons (Fsp3) is 0.0877. The molecule has 11 rings (SSSR count). The summed E-state index contributed by atoms with van der Waals surface area (Å²) in [5.41, 5.74) is 20.1. The van der Waals surface area contributed by atoms with Gasteiger partial charge in [-0.15, -0.1) is 0 Å². The molecule has 0 radical (unpaired) electrons. The molecule has 2 nitrogen and oxygen atoms in total. The fourth-order valence-electron chi connectivity index (χ4n) is 9.72. The van der Waals surface area contributed by atoms with Crippen molar-refractivity contribution in [2.75, 3.05) is 4.90 Å². The summed E-state index contributed by atoms with van der Waals surface area (Å²) in [6.07, 6.45) is 6.93. The Morgan fingerprint density at radius 1 is 0.458 bits per heavy atom. The van der Waals surface area contributed by atoms with Gasteiger partial charge in [0.15, 0.2) is 0 Å². The van der Waals surface area contributed by atoms with Crippen molar-refractivity contribution < 1.29 is 0 Å². The number of rotatable bonds is 7. The van der Waals surface area contributed by atoms with Crippen LogP contribution in [0.1, 0.15) is 37.8 Å². The Bertz CT molecular complexity index is 3090. The van der Waals surface area contributed by atoms with Crippen molar-refractivity contribution in [2.45, 2.75) is 32.1 Å². The zero-order chi connectivity index (χ0) is 39.5. The highest BCUT2D eigenvalue weighted by Gasteiger charge is 2.37. The number of hydrogen-bond acceptors (Lipinski definition) is 1. The van der Waals surface area contributed by atoms with E-state index in [1.807, 2.05) is 0 Å². The number of nitrogens with zero attached hydrogens (tertiary/aromatic N) is 2. The summed E-state index contributed by atoms with van der Waals surface area (Å²) >= 11 is 0. The van der Waals surface area contributed by atoms with E-state index in [4.69, 9.17) is 0 Å². The first-order chi connectivity index (χ1) is 29.0. The van der Waals surface area contributed by atoms with Crippen molar-refractivity contribution in [3.05, 3.63) is 223 Å². The van der Waals surface area contributed by atoms with E-state index in [1.54, 1.807) is 5.57 Å². The average Bonchev–Trinajstić information content (AvgIpc) is 3.75. The lowest BCUT2D eigenvalue weighted by atomic mass is 9.78. The van der Waals surface area contributed by atoms with E-state index in [0.29, 0.717) is 0 Å². The molecule has 1 aromatic heterocycles. The van der Waals surface area contributed by atoms with Gasteiger partial charge in [-0.3, -0.25) is 0 Å². The summed E-state index contributed by atoms with van der Waals surface area (Å²) in [6.45, 7) is 4.81. The molecule has 0 saturated carbocycles. The molecule has 0 saturated heterocycles. The Labute approximate surface area is 346 Å². The third kappa shape index (κ3) is 5.94. The second kappa shape index (κ2) is 14.0. The molecule has 59 heavy (non-hydrogen) atoms. The van der Waals surface area contributed by atoms with Crippen molar-refractivity contribution in [1.29, 1.82) is 0 Å². The van der Waals surface area contributed by atoms with Gasteiger partial charge in [0, 0.05) is 38.9 Å². The molecule has 0 atom stereocenters. The van der Waals surface area contributed by atoms with Gasteiger partial charge in [-0.25, -0.2) is 0 Å². The van der Waals surface area contributed by atoms with Gasteiger partial charge in [-0.05, 0) is 136 Å². The molecule has 9 aromatic rings. The van der Waals surface area contributed by atoms with Crippen LogP contribution in [0.2, 0.25) is 0 Å². The molecule has 2 heteroatoms. The minimum Gasteiger partial charge on any atom is -0.310 e. The van der Waals surface area contributed by atoms with Gasteiger partial charge in [0.1, 0.15) is 0 Å². The summed E-state index contributed by atoms with van der Waals surface area (Å²) in [6, 6.07) is 71.1. The maximum atomic E-state index is 2.44. The summed E-state index contributed by atoms with van der Waals surface area (Å²) in [5, 5.41) is 2.52. The Morgan fingerprint density at radius 3 is 1.76 bits per heavy atom. The van der Waals surface area contributed by atoms with Crippen LogP contribution in [0.15, 0.2) is 212 Å². The predicted octanol–water partition coefficient (Wildman–Crippen LogP) is 15.6. The Morgan fingerprint density at radius 2 is 1.02 bits per heavy atom. The van der Waals surface area contributed by atoms with E-state index in [2.05, 4.69) is 230 Å². The molecule has 0 unspecified atom stereocenters. The minimum absolute atomic E-state index is 0.00730. The summed E-state index contributed by atoms with van der Waals surface area (Å²) in [7, 11) is 0. The van der Waals surface area contributed by atoms with Gasteiger partial charge < -0.3 is 9.47 Å². The topological polar surface area (TPSA) is 8.17 Å². The van der Waals surface area contributed by atoms with E-state index in [9.17, 15) is 0 Å². The molecule has 0 N–H and O–H groups in total. The van der Waals surface area contributed by atoms with E-state index in [1.165, 1.54) is 83.3 Å². The highest BCUT2D eigenvalue weighted by Crippen LogP contribution is 2.52. The van der Waals surface area contributed by atoms with Crippen LogP contribution in [0.4, 0.5) is 17.1 Å². The van der Waals surface area contributed by atoms with Gasteiger partial charge in [-0.2, -0.15) is 0 Å². The molecule has 1 heterocycles. The number of anilines is 3. The fourth-order valence-corrected chi connectivity index (χ4v) is 9.72. The summed E-state index contributed by atoms with van der Waals surface area (Å²) in [5.74, 6) is 0. The van der Waals surface area contributed by atoms with Crippen LogP contribution in [0.25, 0.3) is 66.4 Å². The molecule has 8 aromatic carbocycles. The van der Waals surface area contributed by atoms with Crippen LogP contribution >= 0.6 is 0 Å². The van der Waals surface area contributed by atoms with Gasteiger partial charge in [0.05, 0.1) is 11.0 Å². The van der Waals surface area contributed by atoms with Crippen LogP contribution in [0, 0.1) is 0 Å². The highest BCUT2D eigenvalue weighted by molar-refractivity contribution is 6.10. The monoisotopic (exact) mass is 756 g/mol. The standard InChI is InChI=1S/C57H44N2/c1-57(2)53-22-11-9-20-49(53)50-34-33-48(38-54(50)57)58(46-29-24-40(25-30-46)39-14-5-3-6-15-39)47-31-26-41(27-32-47)42-16-13-17-43(36-42)44-28-35-56-52(37-44)51-21-10-12-23-55(51)59(56)45-18-7-4-8-19-45/h3-10,12-21,23-38H,11,22H2,1-2H3. The summed E-state index contributed by atoms with van der Waals surface area (Å²) in [4.78, 5) is 2.42. The Hall–Kier alpha value is -7.16. The zero-order valence-corrected chi connectivity index (χ0v) is 33.4. The molecule has 0 bridgehead atoms. The third-order valence-corrected chi connectivity index (χ3v) is 12.7. The molecule has 0 spiro atoms. The first-order valence-corrected chi connectivity index (χ1v) is 20.8. The second-order valence-corrected chi connectivity index (χ2v) is 16.5. The van der Waals surface area contributed by atoms with E-state index in [0.717, 1.165) is 24.2 Å². The van der Waals surface area contributed by atoms with Crippen molar-refractivity contribution in [3.63, 3.8) is 0 Å². The molecule has 2 aliphatic rings. The van der Waals surface area contributed by atoms with Gasteiger partial charge in [-0.1, -0.05) is 153 Å². The minimum atomic E-state index is -0.00730. The van der Waals surface area contributed by atoms with E-state index >= 15 is 0 Å². The maximum absolute atomic E-state index is 2.44. The lowest BCUT2D eigenvalue weighted by molar-refractivity contribution is 0.607. The van der Waals surface area contributed by atoms with Crippen molar-refractivity contribution in [2.24, 2.45) is 0 Å². The SMILES string of the molecule is CC1(C)C2=C(C=CCC2)c2ccc(N(c3ccc(-c4ccccc4)cc3)c3ccc(-c4cccc(-c5ccc6c(c5)c5ccccc5n6-c5ccccc5)c4)cc3)cc21. The normalized spacial score (nSPS) is 14.1. The van der Waals surface area contributed by atoms with Crippen molar-refractivity contribution in [3.8, 4) is 39.1 Å². The van der Waals surface area contributed by atoms with Gasteiger partial charge in [0.2, 0.25) is 0 Å². The van der Waals surface area contributed by atoms with E-state index < -0.39 is 0 Å². The molecule has 0 aliphatic heterocycles. The highest BCUT2D eigenvalue weighted by atomic mass is 15.1.